The number of rotatable bonds is 2. The fourth-order valence-corrected chi connectivity index (χ4v) is 3.45. The van der Waals surface area contributed by atoms with Crippen LogP contribution in [0.2, 0.25) is 0 Å². The third-order valence-corrected chi connectivity index (χ3v) is 4.79. The lowest BCUT2D eigenvalue weighted by atomic mass is 9.91. The summed E-state index contributed by atoms with van der Waals surface area (Å²) in [6, 6.07) is 22.7. The molecule has 3 aromatic rings. The summed E-state index contributed by atoms with van der Waals surface area (Å²) in [6.07, 6.45) is 1.87. The second kappa shape index (κ2) is 6.69. The molecule has 2 amide bonds. The SMILES string of the molecule is Cc1cccc(/C=C2\C(=O)N(c3ccccc3C)C(=O)c3ccccc32)c1. The molecule has 3 nitrogen and oxygen atoms in total. The van der Waals surface area contributed by atoms with Gasteiger partial charge in [0, 0.05) is 11.1 Å². The molecule has 0 N–H and O–H groups in total. The van der Waals surface area contributed by atoms with Crippen molar-refractivity contribution < 1.29 is 9.59 Å². The Morgan fingerprint density at radius 1 is 0.741 bits per heavy atom. The maximum atomic E-state index is 13.4. The smallest absolute Gasteiger partial charge is 0.265 e. The van der Waals surface area contributed by atoms with Gasteiger partial charge in [0.05, 0.1) is 5.69 Å². The molecule has 0 aromatic heterocycles. The molecule has 0 unspecified atom stereocenters. The van der Waals surface area contributed by atoms with Gasteiger partial charge in [0.1, 0.15) is 0 Å². The molecular weight excluding hydrogens is 334 g/mol. The Hall–Kier alpha value is -3.46. The van der Waals surface area contributed by atoms with E-state index >= 15 is 0 Å². The van der Waals surface area contributed by atoms with E-state index in [2.05, 4.69) is 0 Å². The number of nitrogens with zero attached hydrogens (tertiary/aromatic N) is 1. The minimum absolute atomic E-state index is 0.286. The molecule has 3 aromatic carbocycles. The zero-order chi connectivity index (χ0) is 19.0. The van der Waals surface area contributed by atoms with E-state index in [1.165, 1.54) is 4.90 Å². The van der Waals surface area contributed by atoms with E-state index in [4.69, 9.17) is 0 Å². The van der Waals surface area contributed by atoms with E-state index in [1.807, 2.05) is 86.7 Å². The first kappa shape index (κ1) is 17.0. The van der Waals surface area contributed by atoms with Crippen LogP contribution in [0.5, 0.6) is 0 Å². The van der Waals surface area contributed by atoms with Crippen molar-refractivity contribution in [2.75, 3.05) is 4.90 Å². The number of fused-ring (bicyclic) bond motifs is 1. The molecule has 0 saturated heterocycles. The van der Waals surface area contributed by atoms with Crippen molar-refractivity contribution in [2.24, 2.45) is 0 Å². The highest BCUT2D eigenvalue weighted by molar-refractivity contribution is 6.43. The van der Waals surface area contributed by atoms with Gasteiger partial charge >= 0.3 is 0 Å². The van der Waals surface area contributed by atoms with Gasteiger partial charge in [0.25, 0.3) is 11.8 Å². The highest BCUT2D eigenvalue weighted by Gasteiger charge is 2.36. The fourth-order valence-electron chi connectivity index (χ4n) is 3.45. The lowest BCUT2D eigenvalue weighted by Gasteiger charge is -2.29. The number of hydrogen-bond acceptors (Lipinski definition) is 2. The summed E-state index contributed by atoms with van der Waals surface area (Å²) in [4.78, 5) is 27.8. The van der Waals surface area contributed by atoms with Gasteiger partial charge in [-0.2, -0.15) is 0 Å². The van der Waals surface area contributed by atoms with Crippen LogP contribution in [0.25, 0.3) is 11.6 Å². The van der Waals surface area contributed by atoms with Crippen LogP contribution in [0, 0.1) is 13.8 Å². The van der Waals surface area contributed by atoms with E-state index in [0.29, 0.717) is 22.4 Å². The molecule has 0 fully saturated rings. The van der Waals surface area contributed by atoms with Gasteiger partial charge in [-0.25, -0.2) is 4.90 Å². The first-order valence-electron chi connectivity index (χ1n) is 8.88. The Morgan fingerprint density at radius 2 is 1.44 bits per heavy atom. The minimum Gasteiger partial charge on any atom is -0.268 e. The predicted molar refractivity (Wildman–Crippen MR) is 108 cm³/mol. The molecule has 27 heavy (non-hydrogen) atoms. The largest absolute Gasteiger partial charge is 0.268 e. The maximum absolute atomic E-state index is 13.4. The van der Waals surface area contributed by atoms with E-state index in [9.17, 15) is 9.59 Å². The van der Waals surface area contributed by atoms with Gasteiger partial charge in [-0.3, -0.25) is 9.59 Å². The molecule has 0 aliphatic carbocycles. The highest BCUT2D eigenvalue weighted by atomic mass is 16.2. The predicted octanol–water partition coefficient (Wildman–Crippen LogP) is 5.03. The summed E-state index contributed by atoms with van der Waals surface area (Å²) in [5.74, 6) is -0.583. The summed E-state index contributed by atoms with van der Waals surface area (Å²) < 4.78 is 0. The number of carbonyl (C=O) groups is 2. The number of carbonyl (C=O) groups excluding carboxylic acids is 2. The first-order valence-corrected chi connectivity index (χ1v) is 8.88. The molecule has 0 bridgehead atoms. The number of amides is 2. The van der Waals surface area contributed by atoms with Crippen LogP contribution < -0.4 is 4.90 Å². The summed E-state index contributed by atoms with van der Waals surface area (Å²) in [5.41, 5.74) is 5.31. The summed E-state index contributed by atoms with van der Waals surface area (Å²) in [7, 11) is 0. The van der Waals surface area contributed by atoms with Crippen molar-refractivity contribution in [2.45, 2.75) is 13.8 Å². The van der Waals surface area contributed by atoms with E-state index in [1.54, 1.807) is 6.07 Å². The first-order chi connectivity index (χ1) is 13.1. The third-order valence-electron chi connectivity index (χ3n) is 4.79. The quantitative estimate of drug-likeness (QED) is 0.478. The Kier molecular flexibility index (Phi) is 4.21. The topological polar surface area (TPSA) is 37.4 Å². The number of hydrogen-bond donors (Lipinski definition) is 0. The van der Waals surface area contributed by atoms with Crippen molar-refractivity contribution in [3.63, 3.8) is 0 Å². The molecule has 1 aliphatic rings. The summed E-state index contributed by atoms with van der Waals surface area (Å²) in [5, 5.41) is 0. The third kappa shape index (κ3) is 2.97. The van der Waals surface area contributed by atoms with Crippen LogP contribution in [0.4, 0.5) is 5.69 Å². The van der Waals surface area contributed by atoms with Gasteiger partial charge in [-0.15, -0.1) is 0 Å². The summed E-state index contributed by atoms with van der Waals surface area (Å²) >= 11 is 0. The molecule has 4 rings (SSSR count). The molecule has 0 spiro atoms. The van der Waals surface area contributed by atoms with E-state index in [-0.39, 0.29) is 11.8 Å². The molecule has 1 heterocycles. The molecule has 0 saturated carbocycles. The minimum atomic E-state index is -0.297. The van der Waals surface area contributed by atoms with E-state index < -0.39 is 0 Å². The Bertz CT molecular complexity index is 1090. The van der Waals surface area contributed by atoms with Crippen LogP contribution in [0.15, 0.2) is 72.8 Å². The normalized spacial score (nSPS) is 15.2. The van der Waals surface area contributed by atoms with Gasteiger partial charge in [0.15, 0.2) is 0 Å². The lowest BCUT2D eigenvalue weighted by molar-refractivity contribution is -0.112. The van der Waals surface area contributed by atoms with Crippen molar-refractivity contribution in [3.8, 4) is 0 Å². The average Bonchev–Trinajstić information content (AvgIpc) is 2.67. The number of benzene rings is 3. The molecule has 0 radical (unpaired) electrons. The highest BCUT2D eigenvalue weighted by Crippen LogP contribution is 2.34. The van der Waals surface area contributed by atoms with Crippen LogP contribution in [-0.2, 0) is 4.79 Å². The molecular formula is C24H19NO2. The van der Waals surface area contributed by atoms with Gasteiger partial charge in [0.2, 0.25) is 0 Å². The molecule has 132 valence electrons. The van der Waals surface area contributed by atoms with Crippen LogP contribution in [-0.4, -0.2) is 11.8 Å². The zero-order valence-electron chi connectivity index (χ0n) is 15.3. The second-order valence-electron chi connectivity index (χ2n) is 6.75. The fraction of sp³-hybridized carbons (Fsp3) is 0.0833. The lowest BCUT2D eigenvalue weighted by Crippen LogP contribution is -2.42. The number of aryl methyl sites for hydroxylation is 2. The Labute approximate surface area is 158 Å². The number of anilines is 1. The zero-order valence-corrected chi connectivity index (χ0v) is 15.3. The molecule has 3 heteroatoms. The van der Waals surface area contributed by atoms with E-state index in [0.717, 1.165) is 16.7 Å². The standard InChI is InChI=1S/C24H19NO2/c1-16-8-7-10-18(14-16)15-21-19-11-4-5-12-20(19)23(26)25(24(21)27)22-13-6-3-9-17(22)2/h3-15H,1-2H3/b21-15-. The second-order valence-corrected chi connectivity index (χ2v) is 6.75. The van der Waals surface area contributed by atoms with Crippen molar-refractivity contribution in [1.29, 1.82) is 0 Å². The van der Waals surface area contributed by atoms with Crippen LogP contribution in [0.3, 0.4) is 0 Å². The van der Waals surface area contributed by atoms with Crippen LogP contribution in [0.1, 0.15) is 32.6 Å². The monoisotopic (exact) mass is 353 g/mol. The maximum Gasteiger partial charge on any atom is 0.265 e. The van der Waals surface area contributed by atoms with Crippen molar-refractivity contribution >= 4 is 29.2 Å². The Balaban J connectivity index is 1.93. The van der Waals surface area contributed by atoms with Crippen molar-refractivity contribution in [1.82, 2.24) is 0 Å². The number of imide groups is 1. The van der Waals surface area contributed by atoms with Gasteiger partial charge in [-0.05, 0) is 48.7 Å². The molecule has 1 aliphatic heterocycles. The van der Waals surface area contributed by atoms with Crippen molar-refractivity contribution in [3.05, 3.63) is 101 Å². The Morgan fingerprint density at radius 3 is 2.19 bits per heavy atom. The summed E-state index contributed by atoms with van der Waals surface area (Å²) in [6.45, 7) is 3.92. The van der Waals surface area contributed by atoms with Crippen LogP contribution >= 0.6 is 0 Å². The van der Waals surface area contributed by atoms with Gasteiger partial charge in [-0.1, -0.05) is 66.2 Å². The number of para-hydroxylation sites is 1. The molecule has 0 atom stereocenters. The average molecular weight is 353 g/mol. The van der Waals surface area contributed by atoms with Gasteiger partial charge < -0.3 is 0 Å².